The number of fused-ring (bicyclic) bond motifs is 1. The Morgan fingerprint density at radius 1 is 1.00 bits per heavy atom. The lowest BCUT2D eigenvalue weighted by atomic mass is 10.1. The van der Waals surface area contributed by atoms with Crippen LogP contribution in [0.3, 0.4) is 0 Å². The fraction of sp³-hybridized carbons (Fsp3) is 0. The molecule has 0 radical (unpaired) electrons. The van der Waals surface area contributed by atoms with Crippen molar-refractivity contribution < 1.29 is 9.59 Å². The van der Waals surface area contributed by atoms with Gasteiger partial charge in [0.05, 0.1) is 11.1 Å². The number of aromatic nitrogens is 1. The number of nitrogens with one attached hydrogen (secondary N) is 1. The number of hydrogen-bond donors (Lipinski definition) is 1. The van der Waals surface area contributed by atoms with E-state index in [0.717, 1.165) is 11.1 Å². The maximum absolute atomic E-state index is 12.3. The van der Waals surface area contributed by atoms with Crippen LogP contribution in [0.4, 0.5) is 5.82 Å². The van der Waals surface area contributed by atoms with Crippen molar-refractivity contribution in [3.63, 3.8) is 0 Å². The molecule has 3 rings (SSSR count). The molecule has 2 heterocycles. The van der Waals surface area contributed by atoms with Gasteiger partial charge in [-0.15, -0.1) is 0 Å². The average molecular weight is 251 g/mol. The maximum Gasteiger partial charge on any atom is 0.267 e. The van der Waals surface area contributed by atoms with Crippen LogP contribution in [-0.4, -0.2) is 23.0 Å². The first-order valence-electron chi connectivity index (χ1n) is 5.67. The summed E-state index contributed by atoms with van der Waals surface area (Å²) in [6.07, 6.45) is 2.57. The highest BCUT2D eigenvalue weighted by atomic mass is 16.2. The smallest absolute Gasteiger partial charge is 0.267 e. The first-order chi connectivity index (χ1) is 9.24. The summed E-state index contributed by atoms with van der Waals surface area (Å²) in [5.41, 5.74) is 1.17. The summed E-state index contributed by atoms with van der Waals surface area (Å²) in [5, 5.41) is 7.33. The summed E-state index contributed by atoms with van der Waals surface area (Å²) >= 11 is 0. The van der Waals surface area contributed by atoms with Crippen LogP contribution in [0.25, 0.3) is 0 Å². The summed E-state index contributed by atoms with van der Waals surface area (Å²) in [5.74, 6) is -0.603. The number of rotatable bonds is 2. The van der Waals surface area contributed by atoms with E-state index in [2.05, 4.69) is 4.98 Å². The molecule has 2 aromatic rings. The first-order valence-corrected chi connectivity index (χ1v) is 5.67. The molecule has 1 N–H and O–H groups in total. The molecule has 92 valence electrons. The second-order valence-electron chi connectivity index (χ2n) is 4.05. The van der Waals surface area contributed by atoms with Gasteiger partial charge in [0.1, 0.15) is 0 Å². The molecule has 5 nitrogen and oxygen atoms in total. The highest BCUT2D eigenvalue weighted by Crippen LogP contribution is 2.28. The minimum absolute atomic E-state index is 0.198. The number of nitrogens with zero attached hydrogens (tertiary/aromatic N) is 2. The standard InChI is InChI=1S/C14H9N3O2/c15-8-9-4-3-7-16-12(9)17-13(18)10-5-1-2-6-11(10)14(17)19/h1-8,15H. The lowest BCUT2D eigenvalue weighted by Crippen LogP contribution is -2.31. The van der Waals surface area contributed by atoms with Crippen LogP contribution in [0.2, 0.25) is 0 Å². The molecule has 0 unspecified atom stereocenters. The Balaban J connectivity index is 2.17. The number of hydrogen-bond acceptors (Lipinski definition) is 4. The molecule has 1 aromatic carbocycles. The fourth-order valence-corrected chi connectivity index (χ4v) is 2.09. The van der Waals surface area contributed by atoms with Gasteiger partial charge in [0.15, 0.2) is 5.82 Å². The van der Waals surface area contributed by atoms with Gasteiger partial charge in [-0.2, -0.15) is 0 Å². The number of benzene rings is 1. The molecule has 2 amide bonds. The molecule has 0 fully saturated rings. The van der Waals surface area contributed by atoms with Gasteiger partial charge >= 0.3 is 0 Å². The Kier molecular flexibility index (Phi) is 2.45. The Morgan fingerprint density at radius 3 is 2.21 bits per heavy atom. The zero-order valence-corrected chi connectivity index (χ0v) is 9.83. The topological polar surface area (TPSA) is 74.1 Å². The third-order valence-corrected chi connectivity index (χ3v) is 2.98. The molecule has 0 saturated carbocycles. The van der Waals surface area contributed by atoms with Gasteiger partial charge in [0, 0.05) is 18.0 Å². The van der Waals surface area contributed by atoms with Gasteiger partial charge in [0.25, 0.3) is 11.8 Å². The van der Waals surface area contributed by atoms with Crippen molar-refractivity contribution in [3.05, 3.63) is 59.3 Å². The normalized spacial score (nSPS) is 13.6. The van der Waals surface area contributed by atoms with Crippen LogP contribution in [0, 0.1) is 5.41 Å². The van der Waals surface area contributed by atoms with Crippen LogP contribution in [0.15, 0.2) is 42.6 Å². The molecular weight excluding hydrogens is 242 g/mol. The SMILES string of the molecule is N=Cc1cccnc1N1C(=O)c2ccccc2C1=O. The molecule has 0 aliphatic carbocycles. The number of amides is 2. The Hall–Kier alpha value is -2.82. The van der Waals surface area contributed by atoms with Gasteiger partial charge in [-0.05, 0) is 24.3 Å². The minimum Gasteiger partial charge on any atom is -0.308 e. The van der Waals surface area contributed by atoms with Gasteiger partial charge in [-0.1, -0.05) is 12.1 Å². The Bertz CT molecular complexity index is 674. The van der Waals surface area contributed by atoms with E-state index in [1.165, 1.54) is 6.20 Å². The molecule has 0 spiro atoms. The third kappa shape index (κ3) is 1.55. The quantitative estimate of drug-likeness (QED) is 0.654. The van der Waals surface area contributed by atoms with Crippen LogP contribution < -0.4 is 4.90 Å². The molecule has 0 bridgehead atoms. The predicted molar refractivity (Wildman–Crippen MR) is 69.7 cm³/mol. The molecule has 5 heteroatoms. The molecule has 19 heavy (non-hydrogen) atoms. The average Bonchev–Trinajstić information content (AvgIpc) is 2.71. The monoisotopic (exact) mass is 251 g/mol. The van der Waals surface area contributed by atoms with Crippen molar-refractivity contribution in [2.75, 3.05) is 4.90 Å². The van der Waals surface area contributed by atoms with E-state index < -0.39 is 11.8 Å². The summed E-state index contributed by atoms with van der Waals surface area (Å²) in [6.45, 7) is 0. The van der Waals surface area contributed by atoms with Crippen molar-refractivity contribution in [1.29, 1.82) is 5.41 Å². The van der Waals surface area contributed by atoms with E-state index in [1.54, 1.807) is 36.4 Å². The van der Waals surface area contributed by atoms with Crippen LogP contribution in [0.1, 0.15) is 26.3 Å². The number of carbonyl (C=O) groups is 2. The number of imide groups is 1. The molecular formula is C14H9N3O2. The molecule has 0 atom stereocenters. The van der Waals surface area contributed by atoms with E-state index in [1.807, 2.05) is 0 Å². The second kappa shape index (κ2) is 4.13. The zero-order chi connectivity index (χ0) is 13.4. The predicted octanol–water partition coefficient (Wildman–Crippen LogP) is 1.88. The largest absolute Gasteiger partial charge is 0.308 e. The van der Waals surface area contributed by atoms with Gasteiger partial charge < -0.3 is 5.41 Å². The van der Waals surface area contributed by atoms with E-state index in [9.17, 15) is 9.59 Å². The third-order valence-electron chi connectivity index (χ3n) is 2.98. The molecule has 1 aromatic heterocycles. The maximum atomic E-state index is 12.3. The second-order valence-corrected chi connectivity index (χ2v) is 4.05. The van der Waals surface area contributed by atoms with Crippen molar-refractivity contribution >= 4 is 23.8 Å². The summed E-state index contributed by atoms with van der Waals surface area (Å²) in [4.78, 5) is 29.6. The van der Waals surface area contributed by atoms with E-state index in [0.29, 0.717) is 16.7 Å². The van der Waals surface area contributed by atoms with Crippen LogP contribution >= 0.6 is 0 Å². The van der Waals surface area contributed by atoms with E-state index in [4.69, 9.17) is 5.41 Å². The lowest BCUT2D eigenvalue weighted by Gasteiger charge is -2.14. The summed E-state index contributed by atoms with van der Waals surface area (Å²) in [6, 6.07) is 9.94. The van der Waals surface area contributed by atoms with Crippen LogP contribution in [-0.2, 0) is 0 Å². The lowest BCUT2D eigenvalue weighted by molar-refractivity contribution is 0.0925. The zero-order valence-electron chi connectivity index (χ0n) is 9.83. The summed E-state index contributed by atoms with van der Waals surface area (Å²) < 4.78 is 0. The molecule has 0 saturated heterocycles. The van der Waals surface area contributed by atoms with Gasteiger partial charge in [-0.25, -0.2) is 9.88 Å². The van der Waals surface area contributed by atoms with E-state index >= 15 is 0 Å². The molecule has 1 aliphatic heterocycles. The number of pyridine rings is 1. The van der Waals surface area contributed by atoms with Crippen LogP contribution in [0.5, 0.6) is 0 Å². The highest BCUT2D eigenvalue weighted by molar-refractivity contribution is 6.34. The number of carbonyl (C=O) groups excluding carboxylic acids is 2. The fourth-order valence-electron chi connectivity index (χ4n) is 2.09. The minimum atomic E-state index is -0.401. The van der Waals surface area contributed by atoms with Crippen molar-refractivity contribution in [2.45, 2.75) is 0 Å². The Labute approximate surface area is 109 Å². The van der Waals surface area contributed by atoms with Crippen molar-refractivity contribution in [1.82, 2.24) is 4.98 Å². The van der Waals surface area contributed by atoms with Gasteiger partial charge in [-0.3, -0.25) is 9.59 Å². The number of anilines is 1. The Morgan fingerprint density at radius 2 is 1.63 bits per heavy atom. The van der Waals surface area contributed by atoms with Gasteiger partial charge in [0.2, 0.25) is 0 Å². The first kappa shape index (κ1) is 11.3. The highest BCUT2D eigenvalue weighted by Gasteiger charge is 2.37. The molecule has 1 aliphatic rings. The van der Waals surface area contributed by atoms with Crippen molar-refractivity contribution in [3.8, 4) is 0 Å². The van der Waals surface area contributed by atoms with Crippen molar-refractivity contribution in [2.24, 2.45) is 0 Å². The summed E-state index contributed by atoms with van der Waals surface area (Å²) in [7, 11) is 0. The van der Waals surface area contributed by atoms with E-state index in [-0.39, 0.29) is 5.82 Å².